The number of nitrogens with one attached hydrogen (secondary N) is 2. The van der Waals surface area contributed by atoms with Crippen molar-refractivity contribution in [2.75, 3.05) is 71.3 Å². The number of rotatable bonds is 7. The Bertz CT molecular complexity index is 1450. The molecular formula is C34H45N9O2. The van der Waals surface area contributed by atoms with E-state index in [2.05, 4.69) is 63.1 Å². The molecule has 0 spiro atoms. The lowest BCUT2D eigenvalue weighted by molar-refractivity contribution is 0.0897. The minimum Gasteiger partial charge on any atom is -0.377 e. The van der Waals surface area contributed by atoms with E-state index in [1.165, 1.54) is 5.69 Å². The van der Waals surface area contributed by atoms with Gasteiger partial charge in [0.1, 0.15) is 0 Å². The third-order valence-corrected chi connectivity index (χ3v) is 9.98. The molecule has 4 saturated heterocycles. The van der Waals surface area contributed by atoms with Gasteiger partial charge in [-0.2, -0.15) is 15.0 Å². The number of urea groups is 1. The summed E-state index contributed by atoms with van der Waals surface area (Å²) in [6, 6.07) is 16.9. The molecule has 1 aromatic heterocycles. The summed E-state index contributed by atoms with van der Waals surface area (Å²) < 4.78 is 5.84. The van der Waals surface area contributed by atoms with Crippen LogP contribution in [0.1, 0.15) is 46.5 Å². The molecule has 2 aromatic carbocycles. The van der Waals surface area contributed by atoms with E-state index in [4.69, 9.17) is 19.7 Å². The minimum absolute atomic E-state index is 0.281. The highest BCUT2D eigenvalue weighted by Gasteiger charge is 2.40. The Labute approximate surface area is 266 Å². The fourth-order valence-electron chi connectivity index (χ4n) is 7.33. The molecule has 2 bridgehead atoms. The minimum atomic E-state index is -0.281. The Kier molecular flexibility index (Phi) is 8.46. The SMILES string of the molecule is CCN1CCN(c2ccc(NC(=O)Nc3ccc(-c4nc(N5C6CCC5COC6)nc(N5[C@H](C)CC[C@@H]5C)n4)cc3)cc2)CC1. The van der Waals surface area contributed by atoms with Crippen molar-refractivity contribution in [3.63, 3.8) is 0 Å². The van der Waals surface area contributed by atoms with E-state index in [0.717, 1.165) is 81.6 Å². The molecule has 4 atom stereocenters. The molecular weight excluding hydrogens is 566 g/mol. The fraction of sp³-hybridized carbons (Fsp3) is 0.529. The standard InChI is InChI=1S/C34H45N9O2/c1-4-40-17-19-41(20-18-40)28-13-11-27(12-14-28)36-34(44)35-26-9-7-25(8-10-26)31-37-32(42-23(2)5-6-24(42)3)39-33(38-31)43-29-15-16-30(43)22-45-21-29/h7-14,23-24,29-30H,4-6,15-22H2,1-3H3,(H2,35,36,44)/t23-,24+,29?,30?. The van der Waals surface area contributed by atoms with E-state index in [1.807, 2.05) is 36.4 Å². The molecule has 3 aromatic rings. The molecule has 2 N–H and O–H groups in total. The maximum atomic E-state index is 12.8. The Morgan fingerprint density at radius 1 is 0.756 bits per heavy atom. The summed E-state index contributed by atoms with van der Waals surface area (Å²) in [5, 5.41) is 5.92. The number of nitrogens with zero attached hydrogens (tertiary/aromatic N) is 7. The second kappa shape index (κ2) is 12.8. The molecule has 2 amide bonds. The highest BCUT2D eigenvalue weighted by Crippen LogP contribution is 2.35. The number of piperazine rings is 1. The summed E-state index contributed by atoms with van der Waals surface area (Å²) in [7, 11) is 0. The fourth-order valence-corrected chi connectivity index (χ4v) is 7.33. The number of ether oxygens (including phenoxy) is 1. The average Bonchev–Trinajstić information content (AvgIpc) is 3.53. The van der Waals surface area contributed by atoms with Gasteiger partial charge in [-0.15, -0.1) is 0 Å². The van der Waals surface area contributed by atoms with Crippen molar-refractivity contribution < 1.29 is 9.53 Å². The Hall–Kier alpha value is -3.96. The summed E-state index contributed by atoms with van der Waals surface area (Å²) in [6.45, 7) is 13.4. The number of fused-ring (bicyclic) bond motifs is 2. The number of morpholine rings is 1. The zero-order valence-electron chi connectivity index (χ0n) is 26.7. The first-order chi connectivity index (χ1) is 21.9. The summed E-state index contributed by atoms with van der Waals surface area (Å²) >= 11 is 0. The first-order valence-electron chi connectivity index (χ1n) is 16.6. The number of hydrogen-bond acceptors (Lipinski definition) is 9. The van der Waals surface area contributed by atoms with Gasteiger partial charge in [0.25, 0.3) is 0 Å². The number of hydrogen-bond donors (Lipinski definition) is 2. The van der Waals surface area contributed by atoms with Gasteiger partial charge in [-0.1, -0.05) is 6.92 Å². The van der Waals surface area contributed by atoms with Crippen molar-refractivity contribution >= 4 is 35.0 Å². The number of carbonyl (C=O) groups excluding carboxylic acids is 1. The molecule has 0 radical (unpaired) electrons. The van der Waals surface area contributed by atoms with E-state index in [9.17, 15) is 4.79 Å². The van der Waals surface area contributed by atoms with Crippen molar-refractivity contribution in [3.05, 3.63) is 48.5 Å². The molecule has 45 heavy (non-hydrogen) atoms. The van der Waals surface area contributed by atoms with Crippen molar-refractivity contribution in [1.29, 1.82) is 0 Å². The molecule has 7 rings (SSSR count). The van der Waals surface area contributed by atoms with Crippen LogP contribution < -0.4 is 25.3 Å². The van der Waals surface area contributed by atoms with Gasteiger partial charge in [-0.25, -0.2) is 4.79 Å². The van der Waals surface area contributed by atoms with Crippen LogP contribution in [0, 0.1) is 0 Å². The largest absolute Gasteiger partial charge is 0.377 e. The highest BCUT2D eigenvalue weighted by atomic mass is 16.5. The van der Waals surface area contributed by atoms with Gasteiger partial charge in [0, 0.05) is 60.9 Å². The molecule has 238 valence electrons. The van der Waals surface area contributed by atoms with Gasteiger partial charge < -0.3 is 35.0 Å². The third kappa shape index (κ3) is 6.28. The Morgan fingerprint density at radius 2 is 1.31 bits per heavy atom. The van der Waals surface area contributed by atoms with Gasteiger partial charge in [-0.05, 0) is 94.6 Å². The quantitative estimate of drug-likeness (QED) is 0.379. The molecule has 4 aliphatic rings. The molecule has 0 saturated carbocycles. The van der Waals surface area contributed by atoms with Crippen molar-refractivity contribution in [2.24, 2.45) is 0 Å². The number of benzene rings is 2. The lowest BCUT2D eigenvalue weighted by atomic mass is 10.2. The van der Waals surface area contributed by atoms with Crippen LogP contribution in [0.2, 0.25) is 0 Å². The number of amides is 2. The van der Waals surface area contributed by atoms with Gasteiger partial charge in [0.15, 0.2) is 5.82 Å². The van der Waals surface area contributed by atoms with Gasteiger partial charge in [0.05, 0.1) is 25.3 Å². The average molecular weight is 612 g/mol. The van der Waals surface area contributed by atoms with Crippen molar-refractivity contribution in [3.8, 4) is 11.4 Å². The lowest BCUT2D eigenvalue weighted by Crippen LogP contribution is -2.47. The number of anilines is 5. The van der Waals surface area contributed by atoms with Crippen molar-refractivity contribution in [2.45, 2.75) is 70.6 Å². The van der Waals surface area contributed by atoms with Gasteiger partial charge in [0.2, 0.25) is 11.9 Å². The van der Waals surface area contributed by atoms with E-state index in [1.54, 1.807) is 0 Å². The topological polar surface area (TPSA) is 102 Å². The maximum Gasteiger partial charge on any atom is 0.323 e. The predicted molar refractivity (Wildman–Crippen MR) is 179 cm³/mol. The van der Waals surface area contributed by atoms with Crippen molar-refractivity contribution in [1.82, 2.24) is 19.9 Å². The van der Waals surface area contributed by atoms with Crippen LogP contribution in [-0.4, -0.2) is 96.0 Å². The van der Waals surface area contributed by atoms with E-state index < -0.39 is 0 Å². The zero-order valence-corrected chi connectivity index (χ0v) is 26.7. The second-order valence-corrected chi connectivity index (χ2v) is 12.9. The second-order valence-electron chi connectivity index (χ2n) is 12.9. The van der Waals surface area contributed by atoms with Crippen LogP contribution >= 0.6 is 0 Å². The van der Waals surface area contributed by atoms with Crippen LogP contribution in [0.15, 0.2) is 48.5 Å². The van der Waals surface area contributed by atoms with Gasteiger partial charge >= 0.3 is 6.03 Å². The molecule has 11 heteroatoms. The molecule has 4 fully saturated rings. The molecule has 0 aliphatic carbocycles. The third-order valence-electron chi connectivity index (χ3n) is 9.98. The first-order valence-corrected chi connectivity index (χ1v) is 16.6. The summed E-state index contributed by atoms with van der Waals surface area (Å²) in [4.78, 5) is 37.4. The molecule has 11 nitrogen and oxygen atoms in total. The molecule has 5 heterocycles. The van der Waals surface area contributed by atoms with E-state index in [-0.39, 0.29) is 6.03 Å². The first kappa shape index (κ1) is 29.7. The van der Waals surface area contributed by atoms with E-state index >= 15 is 0 Å². The van der Waals surface area contributed by atoms with Crippen LogP contribution in [0.5, 0.6) is 0 Å². The van der Waals surface area contributed by atoms with E-state index in [0.29, 0.717) is 48.9 Å². The van der Waals surface area contributed by atoms with Crippen LogP contribution in [0.25, 0.3) is 11.4 Å². The lowest BCUT2D eigenvalue weighted by Gasteiger charge is -2.35. The Morgan fingerprint density at radius 3 is 1.89 bits per heavy atom. The maximum absolute atomic E-state index is 12.8. The highest BCUT2D eigenvalue weighted by molar-refractivity contribution is 6.00. The monoisotopic (exact) mass is 611 g/mol. The van der Waals surface area contributed by atoms with Crippen LogP contribution in [0.4, 0.5) is 33.8 Å². The summed E-state index contributed by atoms with van der Waals surface area (Å²) in [5.74, 6) is 2.14. The summed E-state index contributed by atoms with van der Waals surface area (Å²) in [6.07, 6.45) is 4.45. The number of aromatic nitrogens is 3. The molecule has 4 aliphatic heterocycles. The Balaban J connectivity index is 1.04. The van der Waals surface area contributed by atoms with Crippen LogP contribution in [0.3, 0.4) is 0 Å². The summed E-state index contributed by atoms with van der Waals surface area (Å²) in [5.41, 5.74) is 3.53. The number of carbonyl (C=O) groups is 1. The normalized spacial score (nSPS) is 25.1. The molecule has 2 unspecified atom stereocenters. The predicted octanol–water partition coefficient (Wildman–Crippen LogP) is 5.07. The zero-order chi connectivity index (χ0) is 30.9. The number of likely N-dealkylation sites (N-methyl/N-ethyl adjacent to an activating group) is 1. The van der Waals surface area contributed by atoms with Crippen LogP contribution in [-0.2, 0) is 4.74 Å². The smallest absolute Gasteiger partial charge is 0.323 e. The van der Waals surface area contributed by atoms with Gasteiger partial charge in [-0.3, -0.25) is 0 Å².